The molecule has 2 aromatic rings. The number of hydrogen-bond donors (Lipinski definition) is 3. The number of thiazole rings is 1. The number of carboxylic acid groups (broad SMARTS) is 3. The monoisotopic (exact) mass is 829 g/mol. The molecule has 55 heavy (non-hydrogen) atoms. The van der Waals surface area contributed by atoms with Crippen LogP contribution in [0.5, 0.6) is 0 Å². The maximum absolute atomic E-state index is 13.1. The molecule has 3 saturated heterocycles. The van der Waals surface area contributed by atoms with Crippen LogP contribution in [0.25, 0.3) is 0 Å². The second-order valence-electron chi connectivity index (χ2n) is 13.0. The Morgan fingerprint density at radius 1 is 1.18 bits per heavy atom. The van der Waals surface area contributed by atoms with Gasteiger partial charge in [0, 0.05) is 28.8 Å². The zero-order valence-corrected chi connectivity index (χ0v) is 34.2. The SMILES string of the molecule is CC(=O)[C@@]1(C)[C@H](C(=O)[O-])N2C(=O)CC2S1(=O)=O.CC(C)(O/N=C(\C(=O)NC1C(=O)N2C(C(=O)[O-])=C(C[n+]3ccccc3)CSC12)c1csc(N)n1)C(=O)O.[Na+]. The number of thioether (sulfide) groups is 1. The first-order chi connectivity index (χ1) is 25.1. The van der Waals surface area contributed by atoms with Crippen LogP contribution in [0, 0.1) is 0 Å². The molecule has 20 nitrogen and oxygen atoms in total. The zero-order valence-electron chi connectivity index (χ0n) is 29.8. The topological polar surface area (TPSA) is 303 Å². The number of fused-ring (bicyclic) bond motifs is 2. The molecule has 5 atom stereocenters. The van der Waals surface area contributed by atoms with Gasteiger partial charge in [0.05, 0.1) is 30.1 Å². The minimum Gasteiger partial charge on any atom is -0.548 e. The molecule has 0 radical (unpaired) electrons. The fraction of sp³-hybridized carbons (Fsp3) is 0.419. The van der Waals surface area contributed by atoms with Crippen molar-refractivity contribution in [3.8, 4) is 0 Å². The van der Waals surface area contributed by atoms with Crippen molar-refractivity contribution in [3.63, 3.8) is 0 Å². The van der Waals surface area contributed by atoms with Crippen LogP contribution >= 0.6 is 23.1 Å². The van der Waals surface area contributed by atoms with Crippen molar-refractivity contribution in [2.45, 2.75) is 73.8 Å². The third-order valence-corrected chi connectivity index (χ3v) is 14.0. The minimum atomic E-state index is -4.02. The van der Waals surface area contributed by atoms with Gasteiger partial charge in [0.1, 0.15) is 22.5 Å². The number of carboxylic acids is 3. The van der Waals surface area contributed by atoms with Gasteiger partial charge in [-0.1, -0.05) is 11.2 Å². The Balaban J connectivity index is 0.000000313. The molecule has 3 amide bonds. The number of aliphatic carboxylic acids is 3. The second-order valence-corrected chi connectivity index (χ2v) is 17.4. The van der Waals surface area contributed by atoms with E-state index in [9.17, 15) is 57.3 Å². The Hall–Kier alpha value is -4.42. The standard InChI is InChI=1S/C22H22N6O7S2.C9H11NO6S.Na/c1-22(2,20(33)34)35-26-13(12-10-37-21(23)24-12)16(29)25-14-17(30)28-15(19(31)32)11(9-36-18(14)28)8-27-6-4-3-5-7-27;1-4(11)9(2)7(8(13)14)10-5(12)3-6(10)17(9,15)16;/h3-7,10,14,18H,8-9H2,1-2H3,(H4-,23,24,25,29,31,32,33,34);6-7H,3H2,1-2H3,(H,13,14);/q;;+1/p-1/b26-13-;;/t;6?,7-,9-;/m.0./s1. The first-order valence-corrected chi connectivity index (χ1v) is 19.2. The van der Waals surface area contributed by atoms with Crippen LogP contribution in [0.3, 0.4) is 0 Å². The Morgan fingerprint density at radius 2 is 1.82 bits per heavy atom. The summed E-state index contributed by atoms with van der Waals surface area (Å²) in [4.78, 5) is 94.2. The number of anilines is 1. The Labute approximate surface area is 343 Å². The fourth-order valence-corrected chi connectivity index (χ4v) is 10.2. The van der Waals surface area contributed by atoms with Crippen LogP contribution in [-0.2, 0) is 54.8 Å². The van der Waals surface area contributed by atoms with Crippen molar-refractivity contribution in [2.75, 3.05) is 11.5 Å². The molecule has 4 aliphatic rings. The van der Waals surface area contributed by atoms with Gasteiger partial charge < -0.3 is 45.7 Å². The van der Waals surface area contributed by atoms with E-state index < -0.39 is 84.4 Å². The largest absolute Gasteiger partial charge is 1.00 e. The maximum atomic E-state index is 13.1. The number of rotatable bonds is 11. The number of aromatic nitrogens is 2. The van der Waals surface area contributed by atoms with E-state index in [0.29, 0.717) is 11.3 Å². The molecule has 3 unspecified atom stereocenters. The molecule has 288 valence electrons. The predicted octanol–water partition coefficient (Wildman–Crippen LogP) is -6.86. The number of β-lactam (4-membered cyclic amide) rings is 2. The van der Waals surface area contributed by atoms with E-state index in [1.165, 1.54) is 31.0 Å². The molecular formula is C31H32N7NaO13S3. The van der Waals surface area contributed by atoms with Gasteiger partial charge in [0.15, 0.2) is 50.1 Å². The molecule has 6 rings (SSSR count). The summed E-state index contributed by atoms with van der Waals surface area (Å²) in [6.07, 6.45) is 3.28. The number of Topliss-reactive ketones (excluding diaryl/α,β-unsaturated/α-hetero) is 1. The molecule has 2 aromatic heterocycles. The summed E-state index contributed by atoms with van der Waals surface area (Å²) in [5, 5.41) is 38.2. The van der Waals surface area contributed by atoms with E-state index >= 15 is 0 Å². The van der Waals surface area contributed by atoms with Gasteiger partial charge in [-0.3, -0.25) is 24.1 Å². The third kappa shape index (κ3) is 7.72. The number of hydrogen-bond acceptors (Lipinski definition) is 17. The summed E-state index contributed by atoms with van der Waals surface area (Å²) in [5.41, 5.74) is 3.83. The van der Waals surface area contributed by atoms with Crippen LogP contribution < -0.4 is 55.4 Å². The molecule has 0 spiro atoms. The number of ketones is 1. The number of amides is 3. The van der Waals surface area contributed by atoms with E-state index in [1.54, 1.807) is 29.1 Å². The van der Waals surface area contributed by atoms with Gasteiger partial charge in [-0.2, -0.15) is 0 Å². The van der Waals surface area contributed by atoms with Crippen molar-refractivity contribution in [1.29, 1.82) is 0 Å². The molecule has 6 heterocycles. The molecule has 24 heteroatoms. The first-order valence-electron chi connectivity index (χ1n) is 15.8. The van der Waals surface area contributed by atoms with Crippen molar-refractivity contribution in [3.05, 3.63) is 52.9 Å². The number of pyridine rings is 1. The van der Waals surface area contributed by atoms with Gasteiger partial charge in [0.25, 0.3) is 11.8 Å². The zero-order chi connectivity index (χ0) is 40.1. The summed E-state index contributed by atoms with van der Waals surface area (Å²) in [6, 6.07) is 2.64. The van der Waals surface area contributed by atoms with Gasteiger partial charge >= 0.3 is 35.5 Å². The van der Waals surface area contributed by atoms with E-state index in [2.05, 4.69) is 15.5 Å². The van der Waals surface area contributed by atoms with E-state index in [4.69, 9.17) is 10.6 Å². The second kappa shape index (κ2) is 16.0. The summed E-state index contributed by atoms with van der Waals surface area (Å²) in [7, 11) is -4.02. The number of carbonyl (C=O) groups is 7. The van der Waals surface area contributed by atoms with Gasteiger partial charge in [-0.15, -0.1) is 23.1 Å². The van der Waals surface area contributed by atoms with Gasteiger partial charge in [-0.05, 0) is 27.7 Å². The predicted molar refractivity (Wildman–Crippen MR) is 182 cm³/mol. The van der Waals surface area contributed by atoms with E-state index in [1.807, 2.05) is 6.07 Å². The number of nitrogen functional groups attached to an aromatic ring is 1. The quantitative estimate of drug-likeness (QED) is 0.0623. The van der Waals surface area contributed by atoms with Crippen LogP contribution in [0.2, 0.25) is 0 Å². The first kappa shape index (κ1) is 43.3. The molecule has 0 saturated carbocycles. The minimum absolute atomic E-state index is 0. The van der Waals surface area contributed by atoms with E-state index in [-0.39, 0.29) is 64.8 Å². The Kier molecular flexibility index (Phi) is 12.6. The maximum Gasteiger partial charge on any atom is 1.00 e. The molecular weight excluding hydrogens is 798 g/mol. The molecule has 0 aromatic carbocycles. The van der Waals surface area contributed by atoms with Gasteiger partial charge in [-0.25, -0.2) is 22.8 Å². The summed E-state index contributed by atoms with van der Waals surface area (Å²) < 4.78 is 23.8. The van der Waals surface area contributed by atoms with Crippen LogP contribution in [0.15, 0.2) is 52.4 Å². The van der Waals surface area contributed by atoms with Gasteiger partial charge in [0.2, 0.25) is 11.5 Å². The summed E-state index contributed by atoms with van der Waals surface area (Å²) in [6.45, 7) is 4.79. The van der Waals surface area contributed by atoms with Crippen molar-refractivity contribution in [2.24, 2.45) is 5.16 Å². The Morgan fingerprint density at radius 3 is 2.33 bits per heavy atom. The third-order valence-electron chi connectivity index (χ3n) is 9.16. The number of carbonyl (C=O) groups excluding carboxylic acids is 6. The fourth-order valence-electron chi connectivity index (χ4n) is 5.97. The number of oxime groups is 1. The molecule has 0 aliphatic carbocycles. The summed E-state index contributed by atoms with van der Waals surface area (Å²) in [5.74, 6) is -7.11. The molecule has 0 bridgehead atoms. The number of nitrogens with one attached hydrogen (secondary N) is 1. The Bertz CT molecular complexity index is 2140. The summed E-state index contributed by atoms with van der Waals surface area (Å²) >= 11 is 2.32. The molecule has 4 aliphatic heterocycles. The van der Waals surface area contributed by atoms with Crippen LogP contribution in [0.4, 0.5) is 5.13 Å². The van der Waals surface area contributed by atoms with Crippen molar-refractivity contribution < 1.29 is 96.3 Å². The molecule has 4 N–H and O–H groups in total. The van der Waals surface area contributed by atoms with E-state index in [0.717, 1.165) is 35.0 Å². The molecule has 3 fully saturated rings. The van der Waals surface area contributed by atoms with Crippen LogP contribution in [0.1, 0.15) is 39.8 Å². The van der Waals surface area contributed by atoms with Crippen molar-refractivity contribution >= 4 is 85.2 Å². The normalized spacial score (nSPS) is 25.1. The number of nitrogens with zero attached hydrogens (tertiary/aromatic N) is 5. The average molecular weight is 830 g/mol. The number of sulfone groups is 1. The van der Waals surface area contributed by atoms with Crippen LogP contribution in [-0.4, -0.2) is 114 Å². The smallest absolute Gasteiger partial charge is 0.548 e. The number of nitrogens with two attached hydrogens (primary N) is 1. The average Bonchev–Trinajstić information content (AvgIpc) is 3.58. The van der Waals surface area contributed by atoms with Crippen molar-refractivity contribution in [1.82, 2.24) is 20.1 Å².